The summed E-state index contributed by atoms with van der Waals surface area (Å²) in [6.45, 7) is 0. The van der Waals surface area contributed by atoms with E-state index < -0.39 is 5.91 Å². The first-order valence-electron chi connectivity index (χ1n) is 5.83. The van der Waals surface area contributed by atoms with Gasteiger partial charge >= 0.3 is 0 Å². The molecule has 0 radical (unpaired) electrons. The number of benzene rings is 1. The van der Waals surface area contributed by atoms with Gasteiger partial charge in [-0.1, -0.05) is 22.9 Å². The van der Waals surface area contributed by atoms with Crippen molar-refractivity contribution >= 4 is 39.7 Å². The third-order valence-corrected chi connectivity index (χ3v) is 3.79. The lowest BCUT2D eigenvalue weighted by atomic mass is 10.2. The van der Waals surface area contributed by atoms with Crippen LogP contribution in [0.25, 0.3) is 0 Å². The molecule has 0 atom stereocenters. The van der Waals surface area contributed by atoms with E-state index in [-0.39, 0.29) is 5.01 Å². The molecule has 0 fully saturated rings. The van der Waals surface area contributed by atoms with Crippen molar-refractivity contribution in [2.24, 2.45) is 0 Å². The van der Waals surface area contributed by atoms with E-state index in [0.29, 0.717) is 27.3 Å². The number of amides is 1. The number of hydrogen-bond acceptors (Lipinski definition) is 7. The normalized spacial score (nSPS) is 10.1. The standard InChI is InChI=1S/C12H13ClN4O3S/c1-14-12-17-16-11(21-12)10(18)15-7-4-6(13)8(19-2)5-9(7)20-3/h4-5H,1-3H3,(H,14,17)(H,15,18). The van der Waals surface area contributed by atoms with Crippen LogP contribution in [0.2, 0.25) is 5.02 Å². The summed E-state index contributed by atoms with van der Waals surface area (Å²) in [4.78, 5) is 12.1. The quantitative estimate of drug-likeness (QED) is 0.877. The molecule has 1 aromatic carbocycles. The highest BCUT2D eigenvalue weighted by molar-refractivity contribution is 7.17. The predicted octanol–water partition coefficient (Wildman–Crippen LogP) is 2.50. The lowest BCUT2D eigenvalue weighted by Crippen LogP contribution is -2.12. The van der Waals surface area contributed by atoms with Crippen LogP contribution in [0.1, 0.15) is 9.80 Å². The summed E-state index contributed by atoms with van der Waals surface area (Å²) in [5.74, 6) is 0.497. The summed E-state index contributed by atoms with van der Waals surface area (Å²) in [5.41, 5.74) is 0.425. The molecule has 2 rings (SSSR count). The Bertz CT molecular complexity index is 662. The fraction of sp³-hybridized carbons (Fsp3) is 0.250. The maximum absolute atomic E-state index is 12.1. The van der Waals surface area contributed by atoms with Crippen LogP contribution in [0.3, 0.4) is 0 Å². The molecule has 0 saturated heterocycles. The van der Waals surface area contributed by atoms with Gasteiger partial charge in [-0.3, -0.25) is 4.79 Å². The fourth-order valence-electron chi connectivity index (χ4n) is 1.55. The number of carbonyl (C=O) groups excluding carboxylic acids is 1. The molecule has 1 aromatic heterocycles. The fourth-order valence-corrected chi connectivity index (χ4v) is 2.38. The summed E-state index contributed by atoms with van der Waals surface area (Å²) in [6.07, 6.45) is 0. The van der Waals surface area contributed by atoms with Crippen molar-refractivity contribution in [3.8, 4) is 11.5 Å². The van der Waals surface area contributed by atoms with Gasteiger partial charge in [0.15, 0.2) is 0 Å². The van der Waals surface area contributed by atoms with E-state index >= 15 is 0 Å². The number of nitrogens with one attached hydrogen (secondary N) is 2. The van der Waals surface area contributed by atoms with Crippen LogP contribution in [-0.4, -0.2) is 37.4 Å². The average Bonchev–Trinajstić information content (AvgIpc) is 2.96. The first kappa shape index (κ1) is 15.3. The Morgan fingerprint density at radius 2 is 1.95 bits per heavy atom. The van der Waals surface area contributed by atoms with Crippen LogP contribution in [0.15, 0.2) is 12.1 Å². The summed E-state index contributed by atoms with van der Waals surface area (Å²) in [5, 5.41) is 14.2. The van der Waals surface area contributed by atoms with Crippen molar-refractivity contribution in [2.75, 3.05) is 31.9 Å². The lowest BCUT2D eigenvalue weighted by Gasteiger charge is -2.12. The Hall–Kier alpha value is -2.06. The van der Waals surface area contributed by atoms with E-state index in [1.165, 1.54) is 14.2 Å². The second kappa shape index (κ2) is 6.59. The van der Waals surface area contributed by atoms with Gasteiger partial charge < -0.3 is 20.1 Å². The van der Waals surface area contributed by atoms with Gasteiger partial charge in [0.05, 0.1) is 24.9 Å². The molecule has 0 aliphatic carbocycles. The highest BCUT2D eigenvalue weighted by atomic mass is 35.5. The van der Waals surface area contributed by atoms with E-state index in [1.54, 1.807) is 19.2 Å². The molecule has 1 heterocycles. The minimum Gasteiger partial charge on any atom is -0.495 e. The van der Waals surface area contributed by atoms with E-state index in [1.807, 2.05) is 0 Å². The number of methoxy groups -OCH3 is 2. The highest BCUT2D eigenvalue weighted by Gasteiger charge is 2.16. The maximum atomic E-state index is 12.1. The predicted molar refractivity (Wildman–Crippen MR) is 82.0 cm³/mol. The molecule has 0 spiro atoms. The Labute approximate surface area is 130 Å². The van der Waals surface area contributed by atoms with Crippen molar-refractivity contribution in [3.05, 3.63) is 22.2 Å². The number of anilines is 2. The van der Waals surface area contributed by atoms with Gasteiger partial charge in [-0.2, -0.15) is 0 Å². The van der Waals surface area contributed by atoms with E-state index in [0.717, 1.165) is 11.3 Å². The molecule has 9 heteroatoms. The van der Waals surface area contributed by atoms with Crippen LogP contribution in [0.4, 0.5) is 10.8 Å². The zero-order valence-electron chi connectivity index (χ0n) is 11.6. The molecular formula is C12H13ClN4O3S. The number of carbonyl (C=O) groups is 1. The Balaban J connectivity index is 2.26. The van der Waals surface area contributed by atoms with Gasteiger partial charge in [0.25, 0.3) is 5.91 Å². The number of hydrogen-bond donors (Lipinski definition) is 2. The summed E-state index contributed by atoms with van der Waals surface area (Å²) in [7, 11) is 4.69. The van der Waals surface area contributed by atoms with Gasteiger partial charge in [0.1, 0.15) is 11.5 Å². The number of rotatable bonds is 5. The molecule has 0 aliphatic heterocycles. The largest absolute Gasteiger partial charge is 0.495 e. The molecule has 0 unspecified atom stereocenters. The van der Waals surface area contributed by atoms with Gasteiger partial charge in [-0.15, -0.1) is 10.2 Å². The molecule has 7 nitrogen and oxygen atoms in total. The maximum Gasteiger partial charge on any atom is 0.286 e. The Morgan fingerprint density at radius 3 is 2.52 bits per heavy atom. The van der Waals surface area contributed by atoms with Crippen molar-refractivity contribution in [3.63, 3.8) is 0 Å². The first-order valence-corrected chi connectivity index (χ1v) is 7.02. The van der Waals surface area contributed by atoms with E-state index in [9.17, 15) is 4.79 Å². The average molecular weight is 329 g/mol. The third-order valence-electron chi connectivity index (χ3n) is 2.56. The van der Waals surface area contributed by atoms with Crippen LogP contribution < -0.4 is 20.1 Å². The van der Waals surface area contributed by atoms with Gasteiger partial charge in [0.2, 0.25) is 10.1 Å². The van der Waals surface area contributed by atoms with Gasteiger partial charge in [0, 0.05) is 13.1 Å². The minimum atomic E-state index is -0.395. The van der Waals surface area contributed by atoms with Crippen LogP contribution in [0.5, 0.6) is 11.5 Å². The van der Waals surface area contributed by atoms with Crippen molar-refractivity contribution in [1.82, 2.24) is 10.2 Å². The zero-order valence-corrected chi connectivity index (χ0v) is 13.1. The van der Waals surface area contributed by atoms with Crippen LogP contribution >= 0.6 is 22.9 Å². The number of aromatic nitrogens is 2. The Morgan fingerprint density at radius 1 is 1.24 bits per heavy atom. The Kier molecular flexibility index (Phi) is 4.81. The first-order chi connectivity index (χ1) is 10.1. The van der Waals surface area contributed by atoms with E-state index in [2.05, 4.69) is 20.8 Å². The molecular weight excluding hydrogens is 316 g/mol. The molecule has 0 aliphatic rings. The molecule has 0 saturated carbocycles. The molecule has 112 valence electrons. The molecule has 1 amide bonds. The smallest absolute Gasteiger partial charge is 0.286 e. The number of halogens is 1. The van der Waals surface area contributed by atoms with Crippen molar-refractivity contribution in [1.29, 1.82) is 0 Å². The molecule has 2 aromatic rings. The van der Waals surface area contributed by atoms with Crippen molar-refractivity contribution in [2.45, 2.75) is 0 Å². The molecule has 2 N–H and O–H groups in total. The minimum absolute atomic E-state index is 0.230. The zero-order chi connectivity index (χ0) is 15.4. The van der Waals surface area contributed by atoms with E-state index in [4.69, 9.17) is 21.1 Å². The number of nitrogens with zero attached hydrogens (tertiary/aromatic N) is 2. The van der Waals surface area contributed by atoms with Crippen LogP contribution in [0, 0.1) is 0 Å². The summed E-state index contributed by atoms with van der Waals surface area (Å²) in [6, 6.07) is 3.15. The molecule has 0 bridgehead atoms. The summed E-state index contributed by atoms with van der Waals surface area (Å²) < 4.78 is 10.3. The topological polar surface area (TPSA) is 85.4 Å². The molecule has 21 heavy (non-hydrogen) atoms. The second-order valence-electron chi connectivity index (χ2n) is 3.80. The van der Waals surface area contributed by atoms with Crippen LogP contribution in [-0.2, 0) is 0 Å². The second-order valence-corrected chi connectivity index (χ2v) is 5.19. The third kappa shape index (κ3) is 3.34. The van der Waals surface area contributed by atoms with Gasteiger partial charge in [-0.05, 0) is 6.07 Å². The highest BCUT2D eigenvalue weighted by Crippen LogP contribution is 2.36. The van der Waals surface area contributed by atoms with Gasteiger partial charge in [-0.25, -0.2) is 0 Å². The number of ether oxygens (including phenoxy) is 2. The van der Waals surface area contributed by atoms with Crippen molar-refractivity contribution < 1.29 is 14.3 Å². The lowest BCUT2D eigenvalue weighted by molar-refractivity contribution is 0.102. The monoisotopic (exact) mass is 328 g/mol. The SMILES string of the molecule is CNc1nnc(C(=O)Nc2cc(Cl)c(OC)cc2OC)s1. The summed E-state index contributed by atoms with van der Waals surface area (Å²) >= 11 is 7.19.